The van der Waals surface area contributed by atoms with Crippen molar-refractivity contribution in [3.63, 3.8) is 0 Å². The summed E-state index contributed by atoms with van der Waals surface area (Å²) in [5, 5.41) is 6.68. The number of furan rings is 2. The highest BCUT2D eigenvalue weighted by molar-refractivity contribution is 6.20. The second kappa shape index (κ2) is 11.0. The summed E-state index contributed by atoms with van der Waals surface area (Å²) >= 11 is 0. The Morgan fingerprint density at radius 1 is 0.347 bits per heavy atom. The maximum Gasteiger partial charge on any atom is 0.143 e. The quantitative estimate of drug-likeness (QED) is 0.190. The van der Waals surface area contributed by atoms with Gasteiger partial charge in [0, 0.05) is 32.8 Å². The van der Waals surface area contributed by atoms with E-state index in [-0.39, 0.29) is 0 Å². The van der Waals surface area contributed by atoms with E-state index in [1.165, 1.54) is 16.5 Å². The van der Waals surface area contributed by atoms with E-state index in [1.54, 1.807) is 0 Å². The van der Waals surface area contributed by atoms with Gasteiger partial charge in [-0.2, -0.15) is 0 Å². The van der Waals surface area contributed by atoms with Gasteiger partial charge in [-0.15, -0.1) is 0 Å². The Bertz CT molecular complexity index is 2830. The van der Waals surface area contributed by atoms with E-state index in [2.05, 4.69) is 169 Å². The third-order valence-electron chi connectivity index (χ3n) is 9.68. The summed E-state index contributed by atoms with van der Waals surface area (Å²) in [4.78, 5) is 2.38. The standard InChI is InChI=1S/C46H29NO2/c1-2-12-30(13-3-1)31-24-27-33(28-25-31)47(40-20-11-23-43-45(40)37-17-7-9-21-41(37)48-43)39-19-8-6-16-35(39)36-18-10-22-42-44(36)38-29-26-32-14-4-5-15-34(32)46(38)49-42/h1-29H. The van der Waals surface area contributed by atoms with E-state index < -0.39 is 0 Å². The van der Waals surface area contributed by atoms with Gasteiger partial charge in [0.25, 0.3) is 0 Å². The number of fused-ring (bicyclic) bond motifs is 8. The summed E-state index contributed by atoms with van der Waals surface area (Å²) in [6, 6.07) is 62.0. The fourth-order valence-corrected chi connectivity index (χ4v) is 7.46. The number of nitrogens with zero attached hydrogens (tertiary/aromatic N) is 1. The molecule has 10 aromatic rings. The zero-order chi connectivity index (χ0) is 32.3. The lowest BCUT2D eigenvalue weighted by atomic mass is 9.95. The minimum absolute atomic E-state index is 0.858. The lowest BCUT2D eigenvalue weighted by molar-refractivity contribution is 0.669. The number of rotatable bonds is 5. The highest BCUT2D eigenvalue weighted by atomic mass is 16.3. The van der Waals surface area contributed by atoms with Crippen LogP contribution in [0.25, 0.3) is 76.9 Å². The molecule has 0 radical (unpaired) electrons. The molecule has 0 amide bonds. The van der Waals surface area contributed by atoms with Gasteiger partial charge in [0.2, 0.25) is 0 Å². The number of hydrogen-bond acceptors (Lipinski definition) is 3. The van der Waals surface area contributed by atoms with E-state index in [1.807, 2.05) is 12.1 Å². The van der Waals surface area contributed by atoms with Crippen molar-refractivity contribution >= 4 is 71.7 Å². The predicted octanol–water partition coefficient (Wildman–Crippen LogP) is 13.4. The number of benzene rings is 8. The van der Waals surface area contributed by atoms with Crippen LogP contribution in [0.2, 0.25) is 0 Å². The van der Waals surface area contributed by atoms with Crippen molar-refractivity contribution in [2.24, 2.45) is 0 Å². The lowest BCUT2D eigenvalue weighted by Crippen LogP contribution is -2.11. The van der Waals surface area contributed by atoms with Crippen molar-refractivity contribution in [2.45, 2.75) is 0 Å². The Morgan fingerprint density at radius 3 is 1.86 bits per heavy atom. The van der Waals surface area contributed by atoms with E-state index in [9.17, 15) is 0 Å². The minimum Gasteiger partial charge on any atom is -0.456 e. The molecule has 230 valence electrons. The molecule has 3 heteroatoms. The summed E-state index contributed by atoms with van der Waals surface area (Å²) in [6.45, 7) is 0. The SMILES string of the molecule is c1ccc(-c2ccc(N(c3ccccc3-c3cccc4oc5c6ccccc6ccc5c34)c3cccc4oc5ccccc5c34)cc2)cc1. The van der Waals surface area contributed by atoms with Crippen molar-refractivity contribution in [1.29, 1.82) is 0 Å². The predicted molar refractivity (Wildman–Crippen MR) is 204 cm³/mol. The first kappa shape index (κ1) is 27.5. The van der Waals surface area contributed by atoms with Crippen LogP contribution < -0.4 is 4.90 Å². The average molecular weight is 628 g/mol. The van der Waals surface area contributed by atoms with Crippen LogP contribution >= 0.6 is 0 Å². The highest BCUT2D eigenvalue weighted by Crippen LogP contribution is 2.48. The van der Waals surface area contributed by atoms with Gasteiger partial charge in [-0.25, -0.2) is 0 Å². The summed E-state index contributed by atoms with van der Waals surface area (Å²) in [7, 11) is 0. The Kier molecular flexibility index (Phi) is 6.18. The molecular weight excluding hydrogens is 599 g/mol. The normalized spacial score (nSPS) is 11.7. The number of para-hydroxylation sites is 2. The Morgan fingerprint density at radius 2 is 0.980 bits per heavy atom. The van der Waals surface area contributed by atoms with E-state index in [0.717, 1.165) is 77.5 Å². The van der Waals surface area contributed by atoms with Crippen LogP contribution in [0, 0.1) is 0 Å². The zero-order valence-electron chi connectivity index (χ0n) is 26.5. The van der Waals surface area contributed by atoms with Gasteiger partial charge >= 0.3 is 0 Å². The highest BCUT2D eigenvalue weighted by Gasteiger charge is 2.23. The van der Waals surface area contributed by atoms with E-state index >= 15 is 0 Å². The maximum absolute atomic E-state index is 6.62. The topological polar surface area (TPSA) is 29.5 Å². The lowest BCUT2D eigenvalue weighted by Gasteiger charge is -2.29. The average Bonchev–Trinajstić information content (AvgIpc) is 3.75. The summed E-state index contributed by atoms with van der Waals surface area (Å²) in [6.07, 6.45) is 0. The molecule has 2 heterocycles. The third-order valence-corrected chi connectivity index (χ3v) is 9.68. The van der Waals surface area contributed by atoms with Gasteiger partial charge in [-0.1, -0.05) is 127 Å². The molecule has 0 spiro atoms. The molecule has 3 nitrogen and oxygen atoms in total. The van der Waals surface area contributed by atoms with Crippen LogP contribution in [-0.4, -0.2) is 0 Å². The molecular formula is C46H29NO2. The van der Waals surface area contributed by atoms with Gasteiger partial charge in [0.05, 0.1) is 16.8 Å². The fourth-order valence-electron chi connectivity index (χ4n) is 7.46. The van der Waals surface area contributed by atoms with Crippen molar-refractivity contribution in [3.05, 3.63) is 176 Å². The molecule has 8 aromatic carbocycles. The van der Waals surface area contributed by atoms with Crippen LogP contribution in [0.5, 0.6) is 0 Å². The molecule has 0 bridgehead atoms. The first-order valence-corrected chi connectivity index (χ1v) is 16.6. The van der Waals surface area contributed by atoms with Gasteiger partial charge in [0.15, 0.2) is 0 Å². The molecule has 0 aliphatic heterocycles. The molecule has 49 heavy (non-hydrogen) atoms. The van der Waals surface area contributed by atoms with Gasteiger partial charge < -0.3 is 13.7 Å². The minimum atomic E-state index is 0.858. The Hall–Kier alpha value is -6.58. The molecule has 0 fully saturated rings. The van der Waals surface area contributed by atoms with E-state index in [0.29, 0.717) is 0 Å². The second-order valence-electron chi connectivity index (χ2n) is 12.5. The molecule has 0 unspecified atom stereocenters. The summed E-state index contributed by atoms with van der Waals surface area (Å²) in [5.41, 5.74) is 11.3. The molecule has 0 N–H and O–H groups in total. The fraction of sp³-hybridized carbons (Fsp3) is 0. The first-order chi connectivity index (χ1) is 24.3. The largest absolute Gasteiger partial charge is 0.456 e. The van der Waals surface area contributed by atoms with Crippen LogP contribution in [0.1, 0.15) is 0 Å². The molecule has 0 saturated carbocycles. The van der Waals surface area contributed by atoms with Crippen LogP contribution in [0.15, 0.2) is 185 Å². The molecule has 0 aliphatic rings. The van der Waals surface area contributed by atoms with Crippen molar-refractivity contribution in [1.82, 2.24) is 0 Å². The molecule has 2 aromatic heterocycles. The van der Waals surface area contributed by atoms with Gasteiger partial charge in [-0.05, 0) is 70.6 Å². The Balaban J connectivity index is 1.25. The maximum atomic E-state index is 6.62. The van der Waals surface area contributed by atoms with Crippen molar-refractivity contribution in [3.8, 4) is 22.3 Å². The first-order valence-electron chi connectivity index (χ1n) is 16.6. The van der Waals surface area contributed by atoms with Crippen LogP contribution in [-0.2, 0) is 0 Å². The number of anilines is 3. The van der Waals surface area contributed by atoms with Crippen LogP contribution in [0.3, 0.4) is 0 Å². The molecule has 0 aliphatic carbocycles. The zero-order valence-corrected chi connectivity index (χ0v) is 26.5. The smallest absolute Gasteiger partial charge is 0.143 e. The second-order valence-corrected chi connectivity index (χ2v) is 12.5. The Labute approximate surface area is 282 Å². The summed E-state index contributed by atoms with van der Waals surface area (Å²) < 4.78 is 13.0. The molecule has 0 atom stereocenters. The van der Waals surface area contributed by atoms with E-state index in [4.69, 9.17) is 8.83 Å². The monoisotopic (exact) mass is 627 g/mol. The molecule has 0 saturated heterocycles. The molecule has 10 rings (SSSR count). The van der Waals surface area contributed by atoms with Gasteiger partial charge in [0.1, 0.15) is 22.3 Å². The number of hydrogen-bond donors (Lipinski definition) is 0. The van der Waals surface area contributed by atoms with Crippen molar-refractivity contribution < 1.29 is 8.83 Å². The van der Waals surface area contributed by atoms with Crippen LogP contribution in [0.4, 0.5) is 17.1 Å². The van der Waals surface area contributed by atoms with Gasteiger partial charge in [-0.3, -0.25) is 0 Å². The summed E-state index contributed by atoms with van der Waals surface area (Å²) in [5.74, 6) is 0. The van der Waals surface area contributed by atoms with Crippen molar-refractivity contribution in [2.75, 3.05) is 4.90 Å². The third kappa shape index (κ3) is 4.37.